The molecule has 0 aliphatic heterocycles. The Balaban J connectivity index is 1.79. The van der Waals surface area contributed by atoms with Crippen molar-refractivity contribution in [3.05, 3.63) is 58.2 Å². The lowest BCUT2D eigenvalue weighted by atomic mass is 9.86. The van der Waals surface area contributed by atoms with Gasteiger partial charge in [0.05, 0.1) is 6.10 Å². The van der Waals surface area contributed by atoms with Gasteiger partial charge in [-0.1, -0.05) is 13.8 Å². The van der Waals surface area contributed by atoms with Crippen molar-refractivity contribution in [2.45, 2.75) is 57.0 Å². The average Bonchev–Trinajstić information content (AvgIpc) is 3.15. The molecule has 4 nitrogen and oxygen atoms in total. The van der Waals surface area contributed by atoms with E-state index in [2.05, 4.69) is 23.8 Å². The van der Waals surface area contributed by atoms with E-state index in [1.54, 1.807) is 6.20 Å². The van der Waals surface area contributed by atoms with E-state index in [1.165, 1.54) is 11.1 Å². The number of nitrogens with zero attached hydrogens (tertiary/aromatic N) is 2. The monoisotopic (exact) mass is 322 g/mol. The van der Waals surface area contributed by atoms with Crippen molar-refractivity contribution in [1.29, 1.82) is 0 Å². The summed E-state index contributed by atoms with van der Waals surface area (Å²) in [5.41, 5.74) is 6.14. The number of fused-ring (bicyclic) bond motifs is 2. The van der Waals surface area contributed by atoms with Crippen LogP contribution in [0.5, 0.6) is 0 Å². The number of rotatable bonds is 3. The second kappa shape index (κ2) is 5.78. The summed E-state index contributed by atoms with van der Waals surface area (Å²) >= 11 is 0. The third-order valence-electron chi connectivity index (χ3n) is 5.87. The molecule has 0 saturated heterocycles. The van der Waals surface area contributed by atoms with Crippen LogP contribution < -0.4 is 0 Å². The Morgan fingerprint density at radius 3 is 2.67 bits per heavy atom. The van der Waals surface area contributed by atoms with E-state index in [-0.39, 0.29) is 5.92 Å². The largest absolute Gasteiger partial charge is 0.388 e. The molecule has 0 saturated carbocycles. The average molecular weight is 322 g/mol. The molecule has 2 heterocycles. The molecule has 1 N–H and O–H groups in total. The highest BCUT2D eigenvalue weighted by Crippen LogP contribution is 2.49. The molecule has 124 valence electrons. The Hall–Kier alpha value is -2.07. The summed E-state index contributed by atoms with van der Waals surface area (Å²) in [6.07, 6.45) is 10.4. The van der Waals surface area contributed by atoms with Crippen molar-refractivity contribution >= 4 is 6.29 Å². The number of hydrogen-bond donors (Lipinski definition) is 1. The number of pyridine rings is 2. The summed E-state index contributed by atoms with van der Waals surface area (Å²) < 4.78 is 0. The fourth-order valence-corrected chi connectivity index (χ4v) is 4.55. The van der Waals surface area contributed by atoms with Gasteiger partial charge in [0, 0.05) is 41.8 Å². The molecule has 2 aliphatic rings. The molecule has 2 aromatic rings. The molecule has 4 heteroatoms. The molecule has 24 heavy (non-hydrogen) atoms. The number of hydrogen-bond acceptors (Lipinski definition) is 4. The molecule has 2 aliphatic carbocycles. The van der Waals surface area contributed by atoms with Gasteiger partial charge in [-0.15, -0.1) is 0 Å². The zero-order valence-electron chi connectivity index (χ0n) is 14.1. The number of aromatic nitrogens is 2. The van der Waals surface area contributed by atoms with Gasteiger partial charge in [-0.3, -0.25) is 14.8 Å². The first-order valence-corrected chi connectivity index (χ1v) is 8.69. The molecule has 2 aromatic heterocycles. The number of carbonyl (C=O) groups excluding carboxylic acids is 1. The van der Waals surface area contributed by atoms with E-state index in [4.69, 9.17) is 0 Å². The molecule has 0 amide bonds. The summed E-state index contributed by atoms with van der Waals surface area (Å²) in [6.45, 7) is 4.35. The van der Waals surface area contributed by atoms with Crippen molar-refractivity contribution in [3.63, 3.8) is 0 Å². The van der Waals surface area contributed by atoms with Crippen LogP contribution in [0.4, 0.5) is 0 Å². The predicted octanol–water partition coefficient (Wildman–Crippen LogP) is 3.66. The molecule has 0 spiro atoms. The van der Waals surface area contributed by atoms with E-state index in [0.29, 0.717) is 17.4 Å². The van der Waals surface area contributed by atoms with Crippen molar-refractivity contribution < 1.29 is 9.90 Å². The van der Waals surface area contributed by atoms with E-state index in [1.807, 2.05) is 18.6 Å². The fraction of sp³-hybridized carbons (Fsp3) is 0.450. The normalized spacial score (nSPS) is 26.0. The van der Waals surface area contributed by atoms with Gasteiger partial charge in [-0.2, -0.15) is 0 Å². The number of aldehydes is 1. The molecular formula is C20H22N2O2. The second-order valence-corrected chi connectivity index (χ2v) is 7.27. The van der Waals surface area contributed by atoms with Crippen LogP contribution in [-0.4, -0.2) is 21.4 Å². The van der Waals surface area contributed by atoms with Gasteiger partial charge in [0.2, 0.25) is 0 Å². The third kappa shape index (κ3) is 2.20. The first-order valence-electron chi connectivity index (χ1n) is 8.69. The van der Waals surface area contributed by atoms with Gasteiger partial charge in [-0.25, -0.2) is 0 Å². The topological polar surface area (TPSA) is 63.1 Å². The minimum absolute atomic E-state index is 0.0672. The molecule has 4 atom stereocenters. The Morgan fingerprint density at radius 2 is 1.88 bits per heavy atom. The molecular weight excluding hydrogens is 300 g/mol. The Labute approximate surface area is 142 Å². The summed E-state index contributed by atoms with van der Waals surface area (Å²) in [7, 11) is 0. The lowest BCUT2D eigenvalue weighted by molar-refractivity contribution is 0.111. The maximum Gasteiger partial charge on any atom is 0.151 e. The van der Waals surface area contributed by atoms with Gasteiger partial charge in [-0.05, 0) is 53.4 Å². The maximum absolute atomic E-state index is 11.5. The summed E-state index contributed by atoms with van der Waals surface area (Å²) in [6, 6.07) is 0. The Bertz CT molecular complexity index is 802. The van der Waals surface area contributed by atoms with E-state index in [9.17, 15) is 9.90 Å². The number of carbonyl (C=O) groups is 1. The lowest BCUT2D eigenvalue weighted by Gasteiger charge is -2.23. The Kier molecular flexibility index (Phi) is 3.72. The molecule has 0 bridgehead atoms. The van der Waals surface area contributed by atoms with Gasteiger partial charge < -0.3 is 5.11 Å². The van der Waals surface area contributed by atoms with Crippen LogP contribution in [-0.2, 0) is 6.42 Å². The van der Waals surface area contributed by atoms with Gasteiger partial charge in [0.1, 0.15) is 0 Å². The SMILES string of the molecule is CC1CCc2c1cncc2C(O)C1CC(C)c2cncc(C=O)c21. The van der Waals surface area contributed by atoms with Crippen molar-refractivity contribution in [1.82, 2.24) is 9.97 Å². The quantitative estimate of drug-likeness (QED) is 0.876. The maximum atomic E-state index is 11.5. The van der Waals surface area contributed by atoms with Gasteiger partial charge in [0.15, 0.2) is 6.29 Å². The summed E-state index contributed by atoms with van der Waals surface area (Å²) in [5.74, 6) is 0.738. The van der Waals surface area contributed by atoms with Gasteiger partial charge >= 0.3 is 0 Å². The second-order valence-electron chi connectivity index (χ2n) is 7.27. The number of aliphatic hydroxyl groups is 1. The summed E-state index contributed by atoms with van der Waals surface area (Å²) in [5, 5.41) is 11.2. The highest BCUT2D eigenvalue weighted by molar-refractivity contribution is 5.78. The van der Waals surface area contributed by atoms with E-state index >= 15 is 0 Å². The van der Waals surface area contributed by atoms with Crippen LogP contribution in [0.2, 0.25) is 0 Å². The van der Waals surface area contributed by atoms with E-state index < -0.39 is 6.10 Å². The lowest BCUT2D eigenvalue weighted by Crippen LogP contribution is -2.13. The van der Waals surface area contributed by atoms with Crippen LogP contribution in [0.15, 0.2) is 24.8 Å². The van der Waals surface area contributed by atoms with Crippen molar-refractivity contribution in [3.8, 4) is 0 Å². The van der Waals surface area contributed by atoms with Crippen LogP contribution in [0.3, 0.4) is 0 Å². The van der Waals surface area contributed by atoms with Crippen LogP contribution >= 0.6 is 0 Å². The Morgan fingerprint density at radius 1 is 1.12 bits per heavy atom. The van der Waals surface area contributed by atoms with Crippen molar-refractivity contribution in [2.75, 3.05) is 0 Å². The van der Waals surface area contributed by atoms with Crippen LogP contribution in [0.1, 0.15) is 88.7 Å². The van der Waals surface area contributed by atoms with Crippen LogP contribution in [0, 0.1) is 0 Å². The van der Waals surface area contributed by atoms with Crippen LogP contribution in [0.25, 0.3) is 0 Å². The summed E-state index contributed by atoms with van der Waals surface area (Å²) in [4.78, 5) is 20.0. The standard InChI is InChI=1S/C20H22N2O2/c1-11-3-4-14-16(11)7-22-9-18(14)20(24)15-5-12(2)17-8-21-6-13(10-23)19(15)17/h6-12,15,20,24H,3-5H2,1-2H3. The highest BCUT2D eigenvalue weighted by Gasteiger charge is 2.37. The molecule has 0 fully saturated rings. The van der Waals surface area contributed by atoms with Crippen molar-refractivity contribution in [2.24, 2.45) is 0 Å². The zero-order valence-corrected chi connectivity index (χ0v) is 14.1. The molecule has 0 radical (unpaired) electrons. The predicted molar refractivity (Wildman–Crippen MR) is 91.3 cm³/mol. The molecule has 4 unspecified atom stereocenters. The minimum Gasteiger partial charge on any atom is -0.388 e. The highest BCUT2D eigenvalue weighted by atomic mass is 16.3. The molecule has 0 aromatic carbocycles. The van der Waals surface area contributed by atoms with Gasteiger partial charge in [0.25, 0.3) is 0 Å². The fourth-order valence-electron chi connectivity index (χ4n) is 4.55. The van der Waals surface area contributed by atoms with E-state index in [0.717, 1.165) is 42.2 Å². The minimum atomic E-state index is -0.623. The zero-order chi connectivity index (χ0) is 16.8. The smallest absolute Gasteiger partial charge is 0.151 e. The third-order valence-corrected chi connectivity index (χ3v) is 5.87. The first-order chi connectivity index (χ1) is 11.6. The first kappa shape index (κ1) is 15.5. The number of aliphatic hydroxyl groups excluding tert-OH is 1. The molecule has 4 rings (SSSR count).